The van der Waals surface area contributed by atoms with Gasteiger partial charge in [-0.25, -0.2) is 0 Å². The summed E-state index contributed by atoms with van der Waals surface area (Å²) in [7, 11) is 0. The minimum atomic E-state index is 0.191. The van der Waals surface area contributed by atoms with Gasteiger partial charge < -0.3 is 0 Å². The van der Waals surface area contributed by atoms with Gasteiger partial charge in [-0.05, 0) is 31.0 Å². The fraction of sp³-hybridized carbons (Fsp3) is 0.333. The van der Waals surface area contributed by atoms with Crippen LogP contribution in [0, 0.1) is 0 Å². The van der Waals surface area contributed by atoms with E-state index in [-0.39, 0.29) is 5.38 Å². The minimum Gasteiger partial charge on any atom is -0.123 e. The van der Waals surface area contributed by atoms with Crippen molar-refractivity contribution in [3.8, 4) is 0 Å². The monoisotopic (exact) mass is 188 g/mol. The van der Waals surface area contributed by atoms with Crippen LogP contribution in [0.5, 0.6) is 0 Å². The molecule has 0 aliphatic heterocycles. The number of hydrogen-bond acceptors (Lipinski definition) is 0. The van der Waals surface area contributed by atoms with Gasteiger partial charge in [-0.1, -0.05) is 23.7 Å². The standard InChI is InChI=1S/C9H10Cl2/c1-7(10)6-8-2-4-9(11)5-3-8/h2-5,7H,6H2,1H3/t7-/m0/s1. The Morgan fingerprint density at radius 2 is 1.82 bits per heavy atom. The van der Waals surface area contributed by atoms with Gasteiger partial charge in [0.25, 0.3) is 0 Å². The first-order chi connectivity index (χ1) is 5.18. The maximum Gasteiger partial charge on any atom is 0.0406 e. The number of benzene rings is 1. The van der Waals surface area contributed by atoms with E-state index in [1.54, 1.807) is 0 Å². The van der Waals surface area contributed by atoms with E-state index in [4.69, 9.17) is 23.2 Å². The first-order valence-electron chi connectivity index (χ1n) is 3.57. The normalized spacial score (nSPS) is 13.0. The van der Waals surface area contributed by atoms with Crippen molar-refractivity contribution in [1.29, 1.82) is 0 Å². The molecule has 0 saturated heterocycles. The predicted octanol–water partition coefficient (Wildman–Crippen LogP) is 3.51. The van der Waals surface area contributed by atoms with Crippen LogP contribution in [0.2, 0.25) is 5.02 Å². The average molecular weight is 189 g/mol. The van der Waals surface area contributed by atoms with E-state index in [1.807, 2.05) is 31.2 Å². The zero-order valence-electron chi connectivity index (χ0n) is 6.35. The molecule has 0 unspecified atom stereocenters. The molecule has 0 radical (unpaired) electrons. The fourth-order valence-corrected chi connectivity index (χ4v) is 1.25. The lowest BCUT2D eigenvalue weighted by molar-refractivity contribution is 0.931. The maximum absolute atomic E-state index is 5.82. The summed E-state index contributed by atoms with van der Waals surface area (Å²) in [5.41, 5.74) is 1.23. The molecule has 0 heterocycles. The summed E-state index contributed by atoms with van der Waals surface area (Å²) in [4.78, 5) is 0. The Kier molecular flexibility index (Phi) is 3.22. The minimum absolute atomic E-state index is 0.191. The summed E-state index contributed by atoms with van der Waals surface area (Å²) in [5.74, 6) is 0. The molecule has 0 fully saturated rings. The molecule has 0 nitrogen and oxygen atoms in total. The SMILES string of the molecule is C[C@H](Cl)Cc1ccc(Cl)cc1. The Labute approximate surface area is 77.1 Å². The molecule has 0 aliphatic rings. The molecule has 60 valence electrons. The van der Waals surface area contributed by atoms with Gasteiger partial charge in [0.2, 0.25) is 0 Å². The van der Waals surface area contributed by atoms with E-state index in [0.29, 0.717) is 0 Å². The smallest absolute Gasteiger partial charge is 0.0406 e. The predicted molar refractivity (Wildman–Crippen MR) is 50.5 cm³/mol. The molecule has 1 atom stereocenters. The molecule has 1 rings (SSSR count). The molecule has 0 spiro atoms. The number of alkyl halides is 1. The van der Waals surface area contributed by atoms with E-state index in [1.165, 1.54) is 5.56 Å². The van der Waals surface area contributed by atoms with Gasteiger partial charge in [-0.3, -0.25) is 0 Å². The Hall–Kier alpha value is -0.200. The van der Waals surface area contributed by atoms with Crippen LogP contribution in [0.1, 0.15) is 12.5 Å². The number of halogens is 2. The van der Waals surface area contributed by atoms with Gasteiger partial charge in [0.15, 0.2) is 0 Å². The van der Waals surface area contributed by atoms with Crippen LogP contribution in [-0.2, 0) is 6.42 Å². The van der Waals surface area contributed by atoms with Gasteiger partial charge in [0.1, 0.15) is 0 Å². The van der Waals surface area contributed by atoms with Crippen LogP contribution >= 0.6 is 23.2 Å². The summed E-state index contributed by atoms with van der Waals surface area (Å²) in [6.07, 6.45) is 0.902. The molecule has 11 heavy (non-hydrogen) atoms. The summed E-state index contributed by atoms with van der Waals surface area (Å²) >= 11 is 11.5. The van der Waals surface area contributed by atoms with Crippen molar-refractivity contribution >= 4 is 23.2 Å². The van der Waals surface area contributed by atoms with E-state index in [9.17, 15) is 0 Å². The number of hydrogen-bond donors (Lipinski definition) is 0. The van der Waals surface area contributed by atoms with Crippen LogP contribution in [-0.4, -0.2) is 5.38 Å². The van der Waals surface area contributed by atoms with Gasteiger partial charge in [0.05, 0.1) is 0 Å². The van der Waals surface area contributed by atoms with Crippen LogP contribution in [0.25, 0.3) is 0 Å². The maximum atomic E-state index is 5.82. The van der Waals surface area contributed by atoms with Crippen molar-refractivity contribution in [2.45, 2.75) is 18.7 Å². The lowest BCUT2D eigenvalue weighted by atomic mass is 10.1. The van der Waals surface area contributed by atoms with E-state index in [0.717, 1.165) is 11.4 Å². The Morgan fingerprint density at radius 1 is 1.27 bits per heavy atom. The lowest BCUT2D eigenvalue weighted by Gasteiger charge is -2.01. The van der Waals surface area contributed by atoms with Crippen molar-refractivity contribution < 1.29 is 0 Å². The third-order valence-electron chi connectivity index (χ3n) is 1.43. The Bertz CT molecular complexity index is 214. The van der Waals surface area contributed by atoms with Gasteiger partial charge in [0, 0.05) is 10.4 Å². The van der Waals surface area contributed by atoms with E-state index < -0.39 is 0 Å². The fourth-order valence-electron chi connectivity index (χ4n) is 0.945. The molecule has 0 aliphatic carbocycles. The molecular weight excluding hydrogens is 179 g/mol. The average Bonchev–Trinajstić information content (AvgIpc) is 1.93. The van der Waals surface area contributed by atoms with Crippen molar-refractivity contribution in [2.24, 2.45) is 0 Å². The topological polar surface area (TPSA) is 0 Å². The third kappa shape index (κ3) is 3.13. The molecule has 1 aromatic rings. The van der Waals surface area contributed by atoms with Gasteiger partial charge >= 0.3 is 0 Å². The zero-order valence-corrected chi connectivity index (χ0v) is 7.86. The van der Waals surface area contributed by atoms with Crippen LogP contribution in [0.15, 0.2) is 24.3 Å². The van der Waals surface area contributed by atoms with Crippen LogP contribution < -0.4 is 0 Å². The lowest BCUT2D eigenvalue weighted by Crippen LogP contribution is -1.95. The van der Waals surface area contributed by atoms with E-state index >= 15 is 0 Å². The highest BCUT2D eigenvalue weighted by Crippen LogP contribution is 2.12. The first kappa shape index (κ1) is 8.89. The zero-order chi connectivity index (χ0) is 8.27. The second kappa shape index (κ2) is 3.99. The Morgan fingerprint density at radius 3 is 2.27 bits per heavy atom. The molecule has 0 N–H and O–H groups in total. The first-order valence-corrected chi connectivity index (χ1v) is 4.38. The summed E-state index contributed by atoms with van der Waals surface area (Å²) < 4.78 is 0. The molecule has 1 aromatic carbocycles. The molecule has 0 aromatic heterocycles. The van der Waals surface area contributed by atoms with Crippen molar-refractivity contribution in [1.82, 2.24) is 0 Å². The molecular formula is C9H10Cl2. The molecule has 0 amide bonds. The molecule has 0 saturated carbocycles. The summed E-state index contributed by atoms with van der Waals surface area (Å²) in [5, 5.41) is 0.965. The highest BCUT2D eigenvalue weighted by atomic mass is 35.5. The van der Waals surface area contributed by atoms with E-state index in [2.05, 4.69) is 0 Å². The highest BCUT2D eigenvalue weighted by Gasteiger charge is 1.97. The Balaban J connectivity index is 2.66. The van der Waals surface area contributed by atoms with Gasteiger partial charge in [-0.15, -0.1) is 11.6 Å². The van der Waals surface area contributed by atoms with Crippen molar-refractivity contribution in [3.63, 3.8) is 0 Å². The highest BCUT2D eigenvalue weighted by molar-refractivity contribution is 6.30. The summed E-state index contributed by atoms with van der Waals surface area (Å²) in [6.45, 7) is 1.98. The quantitative estimate of drug-likeness (QED) is 0.624. The third-order valence-corrected chi connectivity index (χ3v) is 1.84. The number of rotatable bonds is 2. The largest absolute Gasteiger partial charge is 0.123 e. The van der Waals surface area contributed by atoms with Crippen LogP contribution in [0.3, 0.4) is 0 Å². The second-order valence-corrected chi connectivity index (χ2v) is 3.79. The van der Waals surface area contributed by atoms with Crippen molar-refractivity contribution in [2.75, 3.05) is 0 Å². The molecule has 0 bridgehead atoms. The second-order valence-electron chi connectivity index (χ2n) is 2.61. The van der Waals surface area contributed by atoms with Crippen LogP contribution in [0.4, 0.5) is 0 Å². The van der Waals surface area contributed by atoms with Gasteiger partial charge in [-0.2, -0.15) is 0 Å². The summed E-state index contributed by atoms with van der Waals surface area (Å²) in [6, 6.07) is 7.77. The van der Waals surface area contributed by atoms with Crippen molar-refractivity contribution in [3.05, 3.63) is 34.9 Å². The molecule has 2 heteroatoms.